The molecule has 0 saturated carbocycles. The third kappa shape index (κ3) is 5.44. The van der Waals surface area contributed by atoms with E-state index in [0.717, 1.165) is 72.4 Å². The van der Waals surface area contributed by atoms with Crippen molar-refractivity contribution in [1.82, 2.24) is 0 Å². The van der Waals surface area contributed by atoms with Gasteiger partial charge in [-0.25, -0.2) is 0 Å². The number of furan rings is 1. The van der Waals surface area contributed by atoms with Crippen LogP contribution in [0.25, 0.3) is 77.2 Å². The Hall–Kier alpha value is -7.16. The summed E-state index contributed by atoms with van der Waals surface area (Å²) in [7, 11) is 0. The number of benzene rings is 9. The van der Waals surface area contributed by atoms with Crippen LogP contribution < -0.4 is 4.90 Å². The molecule has 9 aromatic carbocycles. The van der Waals surface area contributed by atoms with Crippen LogP contribution in [0, 0.1) is 0 Å². The minimum absolute atomic E-state index is 0.863. The summed E-state index contributed by atoms with van der Waals surface area (Å²) >= 11 is 0. The van der Waals surface area contributed by atoms with Crippen LogP contribution in [0.15, 0.2) is 217 Å². The molecule has 0 fully saturated rings. The molecule has 2 nitrogen and oxygen atoms in total. The monoisotopic (exact) mass is 689 g/mol. The first-order chi connectivity index (χ1) is 26.8. The fourth-order valence-electron chi connectivity index (χ4n) is 8.00. The Morgan fingerprint density at radius 1 is 0.315 bits per heavy atom. The van der Waals surface area contributed by atoms with Crippen LogP contribution in [0.4, 0.5) is 17.1 Å². The van der Waals surface area contributed by atoms with E-state index in [1.807, 2.05) is 0 Å². The maximum absolute atomic E-state index is 6.92. The van der Waals surface area contributed by atoms with E-state index in [2.05, 4.69) is 217 Å². The fraction of sp³-hybridized carbons (Fsp3) is 0. The Balaban J connectivity index is 1.28. The molecule has 10 rings (SSSR count). The molecule has 1 aromatic heterocycles. The highest BCUT2D eigenvalue weighted by Crippen LogP contribution is 2.50. The summed E-state index contributed by atoms with van der Waals surface area (Å²) < 4.78 is 6.92. The van der Waals surface area contributed by atoms with Crippen LogP contribution in [0.1, 0.15) is 0 Å². The molecule has 0 atom stereocenters. The Bertz CT molecular complexity index is 2940. The molecule has 0 N–H and O–H groups in total. The summed E-state index contributed by atoms with van der Waals surface area (Å²) in [5, 5.41) is 4.56. The normalized spacial score (nSPS) is 11.3. The average Bonchev–Trinajstić information content (AvgIpc) is 3.65. The van der Waals surface area contributed by atoms with Gasteiger partial charge in [-0.2, -0.15) is 0 Å². The highest BCUT2D eigenvalue weighted by molar-refractivity contribution is 6.19. The molecule has 0 amide bonds. The number of hydrogen-bond donors (Lipinski definition) is 0. The first kappa shape index (κ1) is 31.6. The molecular formula is C52H35NO. The van der Waals surface area contributed by atoms with Crippen molar-refractivity contribution in [3.63, 3.8) is 0 Å². The van der Waals surface area contributed by atoms with E-state index in [1.54, 1.807) is 0 Å². The fourth-order valence-corrected chi connectivity index (χ4v) is 8.00. The summed E-state index contributed by atoms with van der Waals surface area (Å²) in [5.74, 6) is 0. The predicted molar refractivity (Wildman–Crippen MR) is 228 cm³/mol. The van der Waals surface area contributed by atoms with Gasteiger partial charge in [0.2, 0.25) is 0 Å². The molecule has 2 heteroatoms. The van der Waals surface area contributed by atoms with Gasteiger partial charge in [0, 0.05) is 22.1 Å². The van der Waals surface area contributed by atoms with Gasteiger partial charge in [0.1, 0.15) is 11.2 Å². The number of fused-ring (bicyclic) bond motifs is 4. The lowest BCUT2D eigenvalue weighted by atomic mass is 9.94. The van der Waals surface area contributed by atoms with Gasteiger partial charge in [-0.15, -0.1) is 0 Å². The van der Waals surface area contributed by atoms with Crippen LogP contribution in [0.3, 0.4) is 0 Å². The Labute approximate surface area is 314 Å². The lowest BCUT2D eigenvalue weighted by molar-refractivity contribution is 0.670. The summed E-state index contributed by atoms with van der Waals surface area (Å²) in [6.45, 7) is 0. The molecule has 0 radical (unpaired) electrons. The summed E-state index contributed by atoms with van der Waals surface area (Å²) in [5.41, 5.74) is 14.1. The van der Waals surface area contributed by atoms with E-state index in [-0.39, 0.29) is 0 Å². The Kier molecular flexibility index (Phi) is 7.85. The molecule has 1 heterocycles. The van der Waals surface area contributed by atoms with Gasteiger partial charge < -0.3 is 9.32 Å². The second kappa shape index (κ2) is 13.4. The van der Waals surface area contributed by atoms with Crippen molar-refractivity contribution in [1.29, 1.82) is 0 Å². The van der Waals surface area contributed by atoms with Crippen LogP contribution >= 0.6 is 0 Å². The minimum Gasteiger partial charge on any atom is -0.455 e. The number of anilines is 3. The first-order valence-corrected chi connectivity index (χ1v) is 18.4. The van der Waals surface area contributed by atoms with E-state index in [1.165, 1.54) is 21.9 Å². The zero-order valence-corrected chi connectivity index (χ0v) is 29.6. The lowest BCUT2D eigenvalue weighted by Crippen LogP contribution is -2.13. The van der Waals surface area contributed by atoms with Crippen LogP contribution in [-0.2, 0) is 0 Å². The van der Waals surface area contributed by atoms with E-state index >= 15 is 0 Å². The number of para-hydroxylation sites is 3. The van der Waals surface area contributed by atoms with E-state index in [9.17, 15) is 0 Å². The third-order valence-electron chi connectivity index (χ3n) is 10.5. The molecular weight excluding hydrogens is 655 g/mol. The number of hydrogen-bond acceptors (Lipinski definition) is 2. The third-order valence-corrected chi connectivity index (χ3v) is 10.5. The van der Waals surface area contributed by atoms with E-state index in [0.29, 0.717) is 0 Å². The summed E-state index contributed by atoms with van der Waals surface area (Å²) in [6.07, 6.45) is 0. The first-order valence-electron chi connectivity index (χ1n) is 18.4. The molecule has 254 valence electrons. The van der Waals surface area contributed by atoms with Gasteiger partial charge in [0.05, 0.1) is 22.4 Å². The highest BCUT2D eigenvalue weighted by Gasteiger charge is 2.26. The van der Waals surface area contributed by atoms with Crippen molar-refractivity contribution in [2.75, 3.05) is 4.90 Å². The Morgan fingerprint density at radius 3 is 1.63 bits per heavy atom. The van der Waals surface area contributed by atoms with Crippen LogP contribution in [0.2, 0.25) is 0 Å². The van der Waals surface area contributed by atoms with Crippen molar-refractivity contribution >= 4 is 49.8 Å². The van der Waals surface area contributed by atoms with Crippen molar-refractivity contribution < 1.29 is 4.42 Å². The molecule has 0 spiro atoms. The van der Waals surface area contributed by atoms with Gasteiger partial charge in [-0.1, -0.05) is 176 Å². The van der Waals surface area contributed by atoms with Crippen LogP contribution in [0.5, 0.6) is 0 Å². The lowest BCUT2D eigenvalue weighted by Gasteiger charge is -2.30. The van der Waals surface area contributed by atoms with Gasteiger partial charge in [0.25, 0.3) is 0 Å². The molecule has 10 aromatic rings. The second-order valence-electron chi connectivity index (χ2n) is 13.6. The van der Waals surface area contributed by atoms with Crippen LogP contribution in [-0.4, -0.2) is 0 Å². The smallest absolute Gasteiger partial charge is 0.145 e. The molecule has 0 bridgehead atoms. The summed E-state index contributed by atoms with van der Waals surface area (Å²) in [6, 6.07) is 75.8. The molecule has 0 saturated heterocycles. The molecule has 0 aliphatic heterocycles. The maximum Gasteiger partial charge on any atom is 0.145 e. The number of rotatable bonds is 7. The molecule has 0 aliphatic rings. The highest BCUT2D eigenvalue weighted by atomic mass is 16.3. The zero-order chi connectivity index (χ0) is 35.8. The second-order valence-corrected chi connectivity index (χ2v) is 13.6. The topological polar surface area (TPSA) is 16.4 Å². The van der Waals surface area contributed by atoms with Crippen molar-refractivity contribution in [2.45, 2.75) is 0 Å². The predicted octanol–water partition coefficient (Wildman–Crippen LogP) is 14.9. The molecule has 54 heavy (non-hydrogen) atoms. The average molecular weight is 690 g/mol. The zero-order valence-electron chi connectivity index (χ0n) is 29.6. The quantitative estimate of drug-likeness (QED) is 0.166. The van der Waals surface area contributed by atoms with Gasteiger partial charge >= 0.3 is 0 Å². The molecule has 0 aliphatic carbocycles. The van der Waals surface area contributed by atoms with Gasteiger partial charge in [0.15, 0.2) is 0 Å². The summed E-state index contributed by atoms with van der Waals surface area (Å²) in [4.78, 5) is 2.45. The van der Waals surface area contributed by atoms with Crippen molar-refractivity contribution in [2.24, 2.45) is 0 Å². The SMILES string of the molecule is c1ccc(-c2cccc(-c3ccccc3N(c3ccccc3-c3ccccc3)c3ccc(-c4cccc5ccccc45)c4oc5ccccc5c34)c2)cc1. The standard InChI is InChI=1S/C52H35NO/c1-3-17-36(18-4-1)39-23-15-24-40(35-39)43-27-10-13-31-48(43)53(47-30-12-9-26-42(47)38-19-5-2-6-20-38)49-34-33-45(44-29-16-22-37-21-7-8-25-41(37)44)52-51(49)46-28-11-14-32-50(46)54-52/h1-35H. The Morgan fingerprint density at radius 2 is 0.852 bits per heavy atom. The van der Waals surface area contributed by atoms with E-state index < -0.39 is 0 Å². The largest absolute Gasteiger partial charge is 0.455 e. The van der Waals surface area contributed by atoms with Gasteiger partial charge in [-0.3, -0.25) is 0 Å². The van der Waals surface area contributed by atoms with Crippen molar-refractivity contribution in [3.05, 3.63) is 212 Å². The van der Waals surface area contributed by atoms with Gasteiger partial charge in [-0.05, 0) is 75.0 Å². The van der Waals surface area contributed by atoms with E-state index in [4.69, 9.17) is 4.42 Å². The maximum atomic E-state index is 6.92. The minimum atomic E-state index is 0.863. The number of nitrogens with zero attached hydrogens (tertiary/aromatic N) is 1. The molecule has 0 unspecified atom stereocenters. The van der Waals surface area contributed by atoms with Crippen molar-refractivity contribution in [3.8, 4) is 44.5 Å².